The summed E-state index contributed by atoms with van der Waals surface area (Å²) in [6.07, 6.45) is -41.1. The highest BCUT2D eigenvalue weighted by atomic mass is 16.7. The molecule has 7 aliphatic rings. The van der Waals surface area contributed by atoms with Crippen molar-refractivity contribution in [1.29, 1.82) is 0 Å². The Kier molecular flexibility index (Phi) is 21.7. The van der Waals surface area contributed by atoms with Crippen molar-refractivity contribution < 1.29 is 173 Å². The predicted octanol–water partition coefficient (Wildman–Crippen LogP) is -6.86. The van der Waals surface area contributed by atoms with Gasteiger partial charge in [0.2, 0.25) is 25.2 Å². The van der Waals surface area contributed by atoms with Crippen LogP contribution in [0.25, 0.3) is 5.76 Å². The number of esters is 2. The first-order valence-electron chi connectivity index (χ1n) is 29.1. The van der Waals surface area contributed by atoms with Gasteiger partial charge in [0.15, 0.2) is 35.1 Å². The van der Waals surface area contributed by atoms with Gasteiger partial charge in [-0.1, -0.05) is 0 Å². The average molecular weight is 1340 g/mol. The summed E-state index contributed by atoms with van der Waals surface area (Å²) in [5.41, 5.74) is -0.529. The molecule has 26 atom stereocenters. The number of phenolic OH excluding ortho intramolecular Hbond substituents is 3. The monoisotopic (exact) mass is 1340 g/mol. The molecule has 0 bridgehead atoms. The van der Waals surface area contributed by atoms with E-state index in [1.807, 2.05) is 0 Å². The molecule has 0 saturated carbocycles. The number of carbonyl (C=O) groups is 2. The minimum Gasteiger partial charge on any atom is -0.504 e. The Morgan fingerprint density at radius 1 is 0.447 bits per heavy atom. The quantitative estimate of drug-likeness (QED) is 0.0392. The molecule has 20 N–H and O–H groups in total. The molecular weight excluding hydrogens is 1270 g/mol. The van der Waals surface area contributed by atoms with Crippen molar-refractivity contribution in [2.24, 2.45) is 0 Å². The van der Waals surface area contributed by atoms with E-state index >= 15 is 0 Å². The van der Waals surface area contributed by atoms with Gasteiger partial charge < -0.3 is 164 Å². The summed E-state index contributed by atoms with van der Waals surface area (Å²) in [7, 11) is 0. The Labute approximate surface area is 529 Å². The lowest BCUT2D eigenvalue weighted by atomic mass is 9.96. The summed E-state index contributed by atoms with van der Waals surface area (Å²) in [6, 6.07) is 11.8. The lowest BCUT2D eigenvalue weighted by Crippen LogP contribution is -2.61. The summed E-state index contributed by atoms with van der Waals surface area (Å²) >= 11 is 0. The van der Waals surface area contributed by atoms with Gasteiger partial charge >= 0.3 is 11.9 Å². The summed E-state index contributed by atoms with van der Waals surface area (Å²) < 4.78 is 73.3. The zero-order valence-electron chi connectivity index (χ0n) is 48.9. The van der Waals surface area contributed by atoms with Crippen LogP contribution >= 0.6 is 0 Å². The maximum Gasteiger partial charge on any atom is 0.338 e. The normalized spacial score (nSPS) is 38.3. The molecule has 0 spiro atoms. The van der Waals surface area contributed by atoms with Crippen molar-refractivity contribution in [3.63, 3.8) is 0 Å². The number of hydrogen-bond donors (Lipinski definition) is 20. The zero-order valence-corrected chi connectivity index (χ0v) is 48.9. The van der Waals surface area contributed by atoms with Gasteiger partial charge in [-0.2, -0.15) is 0 Å². The van der Waals surface area contributed by atoms with Crippen LogP contribution in [0.4, 0.5) is 0 Å². The largest absolute Gasteiger partial charge is 0.504 e. The van der Waals surface area contributed by atoms with Gasteiger partial charge in [0.25, 0.3) is 0 Å². The zero-order chi connectivity index (χ0) is 67.9. The van der Waals surface area contributed by atoms with Gasteiger partial charge in [-0.3, -0.25) is 0 Å². The number of phenols is 3. The molecule has 35 heteroatoms. The number of aliphatic hydroxyl groups excluding tert-OH is 17. The van der Waals surface area contributed by atoms with Crippen LogP contribution in [0.3, 0.4) is 0 Å². The molecule has 0 radical (unpaired) electrons. The minimum atomic E-state index is -2.04. The van der Waals surface area contributed by atoms with E-state index < -0.39 is 227 Å². The molecule has 1 aliphatic carbocycles. The topological polar surface area (TPSA) is 559 Å². The number of allylic oxidation sites excluding steroid dienone is 2. The molecule has 0 aromatic heterocycles. The highest BCUT2D eigenvalue weighted by molar-refractivity contribution is 5.90. The second-order valence-corrected chi connectivity index (χ2v) is 22.8. The highest BCUT2D eigenvalue weighted by Gasteiger charge is 2.51. The number of hydrogen-bond acceptors (Lipinski definition) is 35. The van der Waals surface area contributed by atoms with Gasteiger partial charge in [0, 0.05) is 17.2 Å². The molecule has 6 heterocycles. The van der Waals surface area contributed by atoms with E-state index in [0.717, 1.165) is 30.4 Å². The van der Waals surface area contributed by atoms with E-state index in [1.54, 1.807) is 0 Å². The number of benzene rings is 3. The van der Waals surface area contributed by atoms with Gasteiger partial charge in [-0.15, -0.1) is 0 Å². The molecule has 0 amide bonds. The van der Waals surface area contributed by atoms with Crippen LogP contribution < -0.4 is 9.47 Å². The fraction of sp³-hybridized carbons (Fsp3) is 0.525. The molecule has 5 fully saturated rings. The van der Waals surface area contributed by atoms with Crippen LogP contribution in [0.15, 0.2) is 102 Å². The lowest BCUT2D eigenvalue weighted by molar-refractivity contribution is -0.323. The molecule has 10 rings (SSSR count). The minimum absolute atomic E-state index is 0.0444. The highest BCUT2D eigenvalue weighted by Crippen LogP contribution is 2.44. The second kappa shape index (κ2) is 29.2. The molecule has 6 aliphatic heterocycles. The molecular formula is C59H70O35. The van der Waals surface area contributed by atoms with Gasteiger partial charge in [0.1, 0.15) is 158 Å². The second-order valence-electron chi connectivity index (χ2n) is 22.8. The Balaban J connectivity index is 0.743. The maximum atomic E-state index is 13.3. The number of ether oxygens (including phenoxy) is 13. The molecule has 3 aromatic rings. The van der Waals surface area contributed by atoms with E-state index in [0.29, 0.717) is 0 Å². The van der Waals surface area contributed by atoms with Crippen LogP contribution in [-0.2, 0) is 52.1 Å². The van der Waals surface area contributed by atoms with E-state index in [2.05, 4.69) is 0 Å². The summed E-state index contributed by atoms with van der Waals surface area (Å²) in [6.45, 7) is -1.42. The van der Waals surface area contributed by atoms with Crippen molar-refractivity contribution in [3.8, 4) is 28.7 Å². The standard InChI is InChI=1S/C59H70O35/c1-19-36(64)42(70)47(75)55(85-19)84-18-35-41(69)46(74)51(79)59(94-35)90-31-14-26-27(61)12-25(13-30(26)89-52(31)22-10-28(62)37(65)29(63)11-22)88-58-50(78)45(73)40(68)34(93-58)17-83-54(81)21-4-8-24(9-5-21)87-57-49(77)44(72)39(67)33(92-57)16-82-53(80)20-2-6-23(7-3-20)86-56-48(76)43(71)38(66)32(15-60)91-56/h2-14,19,27,32-36,38-51,55-79H,15-18H2,1H3/t19?,27?,32?,33?,34?,35?,36-,38+,39+,40+,41+,42-,43-,44-,45-,46-,47?,48?,49?,50?,51?,55+,56+,57+,58+,59+/m0/s1. The van der Waals surface area contributed by atoms with Gasteiger partial charge in [0.05, 0.1) is 30.4 Å². The third-order valence-electron chi connectivity index (χ3n) is 16.3. The summed E-state index contributed by atoms with van der Waals surface area (Å²) in [4.78, 5) is 26.3. The number of aromatic hydroxyl groups is 3. The fourth-order valence-corrected chi connectivity index (χ4v) is 10.7. The third kappa shape index (κ3) is 14.7. The van der Waals surface area contributed by atoms with Crippen molar-refractivity contribution in [2.45, 2.75) is 167 Å². The first kappa shape index (κ1) is 69.9. The van der Waals surface area contributed by atoms with Crippen molar-refractivity contribution >= 4 is 17.7 Å². The van der Waals surface area contributed by atoms with E-state index in [9.17, 15) is 112 Å². The van der Waals surface area contributed by atoms with Crippen LogP contribution in [0.2, 0.25) is 0 Å². The van der Waals surface area contributed by atoms with Crippen LogP contribution in [-0.4, -0.2) is 300 Å². The SMILES string of the molecule is CC1O[C@@H](OCC2O[C@@H](OC3=C(c4cc(O)c(O)c(O)c4)OC4=CC(O[C@@H]5OC(COC(=O)c6ccc(O[C@@H]7OC(COC(=O)c8ccc(O[C@@H]9OC(CO)[C@@H](O)[C@H](O)C9O)cc8)[C@@H](O)[C@H](O)C7O)cc6)[C@@H](O)[C@H](O)C5O)=CC(O)C4=C3)C(O)[C@@H](O)[C@@H]2O)C(O)[C@@H](O)[C@H]1O. The Morgan fingerprint density at radius 3 is 1.32 bits per heavy atom. The molecule has 5 saturated heterocycles. The van der Waals surface area contributed by atoms with Crippen LogP contribution in [0.1, 0.15) is 33.2 Å². The van der Waals surface area contributed by atoms with Crippen molar-refractivity contribution in [1.82, 2.24) is 0 Å². The summed E-state index contributed by atoms with van der Waals surface area (Å²) in [5.74, 6) is -6.12. The maximum absolute atomic E-state index is 13.3. The number of carbonyl (C=O) groups excluding carboxylic acids is 2. The summed E-state index contributed by atoms with van der Waals surface area (Å²) in [5, 5.41) is 211. The number of aliphatic hydroxyl groups is 17. The molecule has 94 heavy (non-hydrogen) atoms. The molecule has 516 valence electrons. The van der Waals surface area contributed by atoms with Crippen molar-refractivity contribution in [3.05, 3.63) is 118 Å². The van der Waals surface area contributed by atoms with Crippen LogP contribution in [0, 0.1) is 0 Å². The Bertz CT molecular complexity index is 3240. The number of fused-ring (bicyclic) bond motifs is 1. The van der Waals surface area contributed by atoms with E-state index in [4.69, 9.17) is 61.6 Å². The smallest absolute Gasteiger partial charge is 0.338 e. The average Bonchev–Trinajstić information content (AvgIpc) is 0.776. The van der Waals surface area contributed by atoms with Crippen molar-refractivity contribution in [2.75, 3.05) is 26.4 Å². The van der Waals surface area contributed by atoms with Gasteiger partial charge in [-0.05, 0) is 79.7 Å². The first-order valence-corrected chi connectivity index (χ1v) is 29.1. The number of rotatable bonds is 19. The van der Waals surface area contributed by atoms with E-state index in [-0.39, 0.29) is 45.3 Å². The lowest BCUT2D eigenvalue weighted by Gasteiger charge is -2.42. The van der Waals surface area contributed by atoms with E-state index in [1.165, 1.54) is 55.5 Å². The third-order valence-corrected chi connectivity index (χ3v) is 16.3. The van der Waals surface area contributed by atoms with Crippen LogP contribution in [0.5, 0.6) is 28.7 Å². The van der Waals surface area contributed by atoms with Gasteiger partial charge in [-0.25, -0.2) is 9.59 Å². The molecule has 35 nitrogen and oxygen atoms in total. The Hall–Kier alpha value is -6.96. The predicted molar refractivity (Wildman–Crippen MR) is 299 cm³/mol. The molecule has 11 unspecified atom stereocenters. The first-order chi connectivity index (χ1) is 44.6. The Morgan fingerprint density at radius 2 is 0.851 bits per heavy atom. The molecule has 3 aromatic carbocycles. The fourth-order valence-electron chi connectivity index (χ4n) is 10.7.